The average Bonchev–Trinajstić information content (AvgIpc) is 2.80. The zero-order valence-corrected chi connectivity index (χ0v) is 11.9. The number of halogens is 2. The Labute approximate surface area is 121 Å². The maximum Gasteiger partial charge on any atom is 0.226 e. The molecule has 0 radical (unpaired) electrons. The first-order valence-electron chi connectivity index (χ1n) is 5.12. The van der Waals surface area contributed by atoms with Crippen LogP contribution in [0.5, 0.6) is 0 Å². The Morgan fingerprint density at radius 3 is 2.89 bits per heavy atom. The van der Waals surface area contributed by atoms with Crippen molar-refractivity contribution in [3.63, 3.8) is 0 Å². The molecular formula is C11H7ClIN5. The lowest BCUT2D eigenvalue weighted by Crippen LogP contribution is -1.97. The number of para-hydroxylation sites is 1. The number of hydrogen-bond donors (Lipinski definition) is 2. The van der Waals surface area contributed by atoms with Crippen molar-refractivity contribution in [2.45, 2.75) is 0 Å². The quantitative estimate of drug-likeness (QED) is 0.535. The number of aromatic amines is 1. The van der Waals surface area contributed by atoms with Crippen LogP contribution in [0.25, 0.3) is 11.0 Å². The summed E-state index contributed by atoms with van der Waals surface area (Å²) in [5, 5.41) is 10.9. The van der Waals surface area contributed by atoms with Gasteiger partial charge in [0.2, 0.25) is 5.28 Å². The number of hydrogen-bond acceptors (Lipinski definition) is 4. The summed E-state index contributed by atoms with van der Waals surface area (Å²) in [6, 6.07) is 7.93. The monoisotopic (exact) mass is 371 g/mol. The third-order valence-corrected chi connectivity index (χ3v) is 3.52. The smallest absolute Gasteiger partial charge is 0.226 e. The summed E-state index contributed by atoms with van der Waals surface area (Å²) in [6.45, 7) is 0. The number of anilines is 2. The van der Waals surface area contributed by atoms with Gasteiger partial charge in [0.1, 0.15) is 5.82 Å². The lowest BCUT2D eigenvalue weighted by Gasteiger charge is -2.08. The van der Waals surface area contributed by atoms with Gasteiger partial charge in [0.05, 0.1) is 17.3 Å². The van der Waals surface area contributed by atoms with Gasteiger partial charge in [0, 0.05) is 3.57 Å². The normalized spacial score (nSPS) is 10.8. The fraction of sp³-hybridized carbons (Fsp3) is 0. The standard InChI is InChI=1S/C11H7ClIN5/c12-11-16-9(6-5-14-18-10(6)17-11)15-8-4-2-1-3-7(8)13/h1-5H,(H2,14,15,16,17,18). The summed E-state index contributed by atoms with van der Waals surface area (Å²) in [6.07, 6.45) is 1.67. The van der Waals surface area contributed by atoms with Gasteiger partial charge in [-0.3, -0.25) is 5.10 Å². The number of benzene rings is 1. The van der Waals surface area contributed by atoms with Crippen LogP contribution in [0.3, 0.4) is 0 Å². The van der Waals surface area contributed by atoms with E-state index in [1.807, 2.05) is 24.3 Å². The van der Waals surface area contributed by atoms with E-state index in [1.165, 1.54) is 0 Å². The van der Waals surface area contributed by atoms with Gasteiger partial charge < -0.3 is 5.32 Å². The van der Waals surface area contributed by atoms with Gasteiger partial charge in [-0.2, -0.15) is 15.1 Å². The molecule has 0 aliphatic carbocycles. The topological polar surface area (TPSA) is 66.5 Å². The first-order chi connectivity index (χ1) is 8.74. The highest BCUT2D eigenvalue weighted by molar-refractivity contribution is 14.1. The van der Waals surface area contributed by atoms with Crippen molar-refractivity contribution in [2.75, 3.05) is 5.32 Å². The predicted octanol–water partition coefficient (Wildman–Crippen LogP) is 3.35. The Kier molecular flexibility index (Phi) is 3.04. The maximum atomic E-state index is 5.87. The number of nitrogens with one attached hydrogen (secondary N) is 2. The van der Waals surface area contributed by atoms with E-state index in [4.69, 9.17) is 11.6 Å². The zero-order chi connectivity index (χ0) is 12.5. The van der Waals surface area contributed by atoms with Gasteiger partial charge in [-0.15, -0.1) is 0 Å². The zero-order valence-electron chi connectivity index (χ0n) is 8.98. The molecule has 0 unspecified atom stereocenters. The molecule has 2 aromatic heterocycles. The second-order valence-corrected chi connectivity index (χ2v) is 5.08. The number of H-pyrrole nitrogens is 1. The largest absolute Gasteiger partial charge is 0.339 e. The highest BCUT2D eigenvalue weighted by Crippen LogP contribution is 2.26. The molecule has 2 heterocycles. The molecule has 18 heavy (non-hydrogen) atoms. The van der Waals surface area contributed by atoms with Gasteiger partial charge in [-0.1, -0.05) is 12.1 Å². The molecule has 0 aliphatic rings. The highest BCUT2D eigenvalue weighted by Gasteiger charge is 2.09. The third-order valence-electron chi connectivity index (χ3n) is 2.41. The molecular weight excluding hydrogens is 365 g/mol. The van der Waals surface area contributed by atoms with E-state index < -0.39 is 0 Å². The second kappa shape index (κ2) is 4.69. The molecule has 0 amide bonds. The van der Waals surface area contributed by atoms with E-state index in [1.54, 1.807) is 6.20 Å². The van der Waals surface area contributed by atoms with Crippen LogP contribution in [0, 0.1) is 3.57 Å². The van der Waals surface area contributed by atoms with Crippen LogP contribution >= 0.6 is 34.2 Å². The second-order valence-electron chi connectivity index (χ2n) is 3.58. The summed E-state index contributed by atoms with van der Waals surface area (Å²) < 4.78 is 1.10. The molecule has 7 heteroatoms. The van der Waals surface area contributed by atoms with Gasteiger partial charge >= 0.3 is 0 Å². The Bertz CT molecular complexity index is 711. The summed E-state index contributed by atoms with van der Waals surface area (Å²) >= 11 is 8.13. The molecule has 2 N–H and O–H groups in total. The maximum absolute atomic E-state index is 5.87. The first kappa shape index (κ1) is 11.7. The molecule has 3 aromatic rings. The molecule has 0 atom stereocenters. The van der Waals surface area contributed by atoms with Crippen molar-refractivity contribution in [3.05, 3.63) is 39.3 Å². The first-order valence-corrected chi connectivity index (χ1v) is 6.58. The van der Waals surface area contributed by atoms with E-state index >= 15 is 0 Å². The molecule has 0 spiro atoms. The van der Waals surface area contributed by atoms with Crippen LogP contribution in [0.15, 0.2) is 30.5 Å². The number of rotatable bonds is 2. The molecule has 0 bridgehead atoms. The minimum atomic E-state index is 0.181. The number of aromatic nitrogens is 4. The summed E-state index contributed by atoms with van der Waals surface area (Å²) in [7, 11) is 0. The molecule has 0 fully saturated rings. The number of nitrogens with zero attached hydrogens (tertiary/aromatic N) is 3. The Balaban J connectivity index is 2.10. The fourth-order valence-corrected chi connectivity index (χ4v) is 2.28. The highest BCUT2D eigenvalue weighted by atomic mass is 127. The summed E-state index contributed by atoms with van der Waals surface area (Å²) in [4.78, 5) is 8.24. The van der Waals surface area contributed by atoms with Crippen LogP contribution in [0.2, 0.25) is 5.28 Å². The predicted molar refractivity (Wildman–Crippen MR) is 79.1 cm³/mol. The molecule has 3 rings (SSSR count). The van der Waals surface area contributed by atoms with Crippen molar-refractivity contribution >= 4 is 56.7 Å². The van der Waals surface area contributed by atoms with Crippen molar-refractivity contribution in [3.8, 4) is 0 Å². The van der Waals surface area contributed by atoms with Gasteiger partial charge in [-0.05, 0) is 46.3 Å². The summed E-state index contributed by atoms with van der Waals surface area (Å²) in [5.41, 5.74) is 1.58. The molecule has 5 nitrogen and oxygen atoms in total. The molecule has 0 aliphatic heterocycles. The van der Waals surface area contributed by atoms with Crippen molar-refractivity contribution in [1.29, 1.82) is 0 Å². The van der Waals surface area contributed by atoms with Crippen LogP contribution in [-0.4, -0.2) is 20.2 Å². The van der Waals surface area contributed by atoms with Crippen molar-refractivity contribution in [1.82, 2.24) is 20.2 Å². The Hall–Kier alpha value is -1.41. The van der Waals surface area contributed by atoms with Gasteiger partial charge in [0.25, 0.3) is 0 Å². The Morgan fingerprint density at radius 1 is 1.22 bits per heavy atom. The fourth-order valence-electron chi connectivity index (χ4n) is 1.59. The van der Waals surface area contributed by atoms with Crippen molar-refractivity contribution < 1.29 is 0 Å². The summed E-state index contributed by atoms with van der Waals surface area (Å²) in [5.74, 6) is 0.642. The van der Waals surface area contributed by atoms with Crippen LogP contribution in [0.1, 0.15) is 0 Å². The van der Waals surface area contributed by atoms with E-state index in [-0.39, 0.29) is 5.28 Å². The molecule has 0 saturated heterocycles. The Morgan fingerprint density at radius 2 is 2.06 bits per heavy atom. The minimum absolute atomic E-state index is 0.181. The molecule has 1 aromatic carbocycles. The third kappa shape index (κ3) is 2.13. The molecule has 0 saturated carbocycles. The van der Waals surface area contributed by atoms with E-state index in [0.29, 0.717) is 11.5 Å². The lowest BCUT2D eigenvalue weighted by molar-refractivity contribution is 1.09. The van der Waals surface area contributed by atoms with Crippen LogP contribution in [0.4, 0.5) is 11.5 Å². The number of fused-ring (bicyclic) bond motifs is 1. The van der Waals surface area contributed by atoms with Gasteiger partial charge in [-0.25, -0.2) is 0 Å². The van der Waals surface area contributed by atoms with E-state index in [2.05, 4.69) is 48.1 Å². The molecule has 90 valence electrons. The average molecular weight is 372 g/mol. The minimum Gasteiger partial charge on any atom is -0.339 e. The SMILES string of the molecule is Clc1nc(Nc2ccccc2I)c2cn[nH]c2n1. The van der Waals surface area contributed by atoms with E-state index in [9.17, 15) is 0 Å². The van der Waals surface area contributed by atoms with Gasteiger partial charge in [0.15, 0.2) is 5.65 Å². The van der Waals surface area contributed by atoms with E-state index in [0.717, 1.165) is 14.6 Å². The van der Waals surface area contributed by atoms with Crippen LogP contribution < -0.4 is 5.32 Å². The van der Waals surface area contributed by atoms with Crippen LogP contribution in [-0.2, 0) is 0 Å². The lowest BCUT2D eigenvalue weighted by atomic mass is 10.3. The van der Waals surface area contributed by atoms with Crippen molar-refractivity contribution in [2.24, 2.45) is 0 Å².